The van der Waals surface area contributed by atoms with Crippen LogP contribution in [0.2, 0.25) is 0 Å². The first kappa shape index (κ1) is 11.7. The van der Waals surface area contributed by atoms with Gasteiger partial charge < -0.3 is 10.5 Å². The van der Waals surface area contributed by atoms with E-state index in [-0.39, 0.29) is 0 Å². The number of ether oxygens (including phenoxy) is 1. The zero-order chi connectivity index (χ0) is 13.2. The molecule has 0 bridgehead atoms. The van der Waals surface area contributed by atoms with Gasteiger partial charge >= 0.3 is 0 Å². The Labute approximate surface area is 110 Å². The van der Waals surface area contributed by atoms with Crippen LogP contribution in [0.3, 0.4) is 0 Å². The van der Waals surface area contributed by atoms with E-state index >= 15 is 0 Å². The van der Waals surface area contributed by atoms with E-state index in [2.05, 4.69) is 9.97 Å². The van der Waals surface area contributed by atoms with E-state index in [0.717, 1.165) is 28.2 Å². The van der Waals surface area contributed by atoms with Crippen molar-refractivity contribution < 1.29 is 4.74 Å². The number of nitrogens with zero attached hydrogens (tertiary/aromatic N) is 3. The molecular formula is C14H14N4O. The van der Waals surface area contributed by atoms with Gasteiger partial charge in [-0.25, -0.2) is 9.97 Å². The molecule has 0 aliphatic rings. The summed E-state index contributed by atoms with van der Waals surface area (Å²) >= 11 is 0. The highest BCUT2D eigenvalue weighted by atomic mass is 16.5. The molecule has 5 nitrogen and oxygen atoms in total. The third-order valence-electron chi connectivity index (χ3n) is 3.01. The minimum Gasteiger partial charge on any atom is -0.497 e. The van der Waals surface area contributed by atoms with Gasteiger partial charge in [0, 0.05) is 24.5 Å². The van der Waals surface area contributed by atoms with Gasteiger partial charge in [0.1, 0.15) is 17.7 Å². The fourth-order valence-corrected chi connectivity index (χ4v) is 2.06. The topological polar surface area (TPSA) is 65.4 Å². The predicted molar refractivity (Wildman–Crippen MR) is 72.9 cm³/mol. The maximum Gasteiger partial charge on any atom is 0.147 e. The number of hydrogen-bond donors (Lipinski definition) is 1. The second-order valence-electron chi connectivity index (χ2n) is 4.21. The van der Waals surface area contributed by atoms with Gasteiger partial charge in [-0.2, -0.15) is 0 Å². The van der Waals surface area contributed by atoms with Crippen molar-refractivity contribution >= 4 is 5.65 Å². The van der Waals surface area contributed by atoms with E-state index in [1.807, 2.05) is 34.9 Å². The first-order valence-electron chi connectivity index (χ1n) is 5.98. The minimum absolute atomic E-state index is 0.416. The van der Waals surface area contributed by atoms with Gasteiger partial charge in [0.2, 0.25) is 0 Å². The molecule has 0 fully saturated rings. The lowest BCUT2D eigenvalue weighted by molar-refractivity contribution is 0.415. The van der Waals surface area contributed by atoms with Crippen molar-refractivity contribution in [3.05, 3.63) is 48.7 Å². The van der Waals surface area contributed by atoms with Gasteiger partial charge in [-0.1, -0.05) is 12.1 Å². The van der Waals surface area contributed by atoms with Crippen molar-refractivity contribution in [1.82, 2.24) is 14.4 Å². The van der Waals surface area contributed by atoms with Crippen LogP contribution in [0.15, 0.2) is 43.0 Å². The van der Waals surface area contributed by atoms with E-state index in [0.29, 0.717) is 6.54 Å². The van der Waals surface area contributed by atoms with Gasteiger partial charge in [0.05, 0.1) is 12.8 Å². The average Bonchev–Trinajstić information content (AvgIpc) is 2.90. The summed E-state index contributed by atoms with van der Waals surface area (Å²) in [6, 6.07) is 7.84. The third kappa shape index (κ3) is 2.04. The highest BCUT2D eigenvalue weighted by Gasteiger charge is 2.08. The molecule has 0 radical (unpaired) electrons. The molecule has 0 amide bonds. The Balaban J connectivity index is 2.20. The largest absolute Gasteiger partial charge is 0.497 e. The van der Waals surface area contributed by atoms with E-state index in [9.17, 15) is 0 Å². The molecule has 2 aromatic heterocycles. The zero-order valence-electron chi connectivity index (χ0n) is 10.6. The number of methoxy groups -OCH3 is 1. The van der Waals surface area contributed by atoms with Crippen molar-refractivity contribution in [3.63, 3.8) is 0 Å². The summed E-state index contributed by atoms with van der Waals surface area (Å²) in [7, 11) is 1.65. The summed E-state index contributed by atoms with van der Waals surface area (Å²) < 4.78 is 7.13. The molecular weight excluding hydrogens is 240 g/mol. The molecule has 0 aliphatic carbocycles. The van der Waals surface area contributed by atoms with Crippen molar-refractivity contribution in [2.75, 3.05) is 7.11 Å². The second kappa shape index (κ2) is 4.70. The van der Waals surface area contributed by atoms with Gasteiger partial charge in [0.15, 0.2) is 0 Å². The number of imidazole rings is 1. The van der Waals surface area contributed by atoms with Crippen LogP contribution in [0, 0.1) is 0 Å². The van der Waals surface area contributed by atoms with Crippen LogP contribution in [-0.2, 0) is 6.54 Å². The van der Waals surface area contributed by atoms with Crippen LogP contribution in [-0.4, -0.2) is 21.5 Å². The van der Waals surface area contributed by atoms with Crippen LogP contribution in [0.4, 0.5) is 0 Å². The molecule has 3 aromatic rings. The fraction of sp³-hybridized carbons (Fsp3) is 0.143. The maximum atomic E-state index is 5.63. The van der Waals surface area contributed by atoms with Gasteiger partial charge in [-0.05, 0) is 17.7 Å². The fourth-order valence-electron chi connectivity index (χ4n) is 2.06. The molecule has 0 atom stereocenters. The number of fused-ring (bicyclic) bond motifs is 1. The molecule has 0 spiro atoms. The van der Waals surface area contributed by atoms with Crippen LogP contribution in [0.5, 0.6) is 5.75 Å². The van der Waals surface area contributed by atoms with E-state index in [4.69, 9.17) is 10.5 Å². The molecule has 96 valence electrons. The molecule has 0 aliphatic heterocycles. The highest BCUT2D eigenvalue weighted by Crippen LogP contribution is 2.26. The van der Waals surface area contributed by atoms with Crippen molar-refractivity contribution in [2.24, 2.45) is 5.73 Å². The lowest BCUT2D eigenvalue weighted by atomic mass is 10.1. The summed E-state index contributed by atoms with van der Waals surface area (Å²) in [6.07, 6.45) is 5.43. The number of nitrogens with two attached hydrogens (primary N) is 1. The Morgan fingerprint density at radius 2 is 2.26 bits per heavy atom. The van der Waals surface area contributed by atoms with Crippen molar-refractivity contribution in [2.45, 2.75) is 6.54 Å². The Morgan fingerprint density at radius 3 is 3.05 bits per heavy atom. The average molecular weight is 254 g/mol. The van der Waals surface area contributed by atoms with Gasteiger partial charge in [0.25, 0.3) is 0 Å². The Morgan fingerprint density at radius 1 is 1.37 bits per heavy atom. The standard InChI is InChI=1S/C14H14N4O/c1-19-12-4-2-3-10(5-12)13-7-16-9-18-8-11(6-15)17-14(13)18/h2-5,7-9H,6,15H2,1H3. The van der Waals surface area contributed by atoms with Crippen LogP contribution in [0.25, 0.3) is 16.8 Å². The number of benzene rings is 1. The monoisotopic (exact) mass is 254 g/mol. The molecule has 0 unspecified atom stereocenters. The Bertz CT molecular complexity index is 720. The number of aromatic nitrogens is 3. The quantitative estimate of drug-likeness (QED) is 0.774. The lowest BCUT2D eigenvalue weighted by Gasteiger charge is -2.05. The number of hydrogen-bond acceptors (Lipinski definition) is 4. The molecule has 0 saturated heterocycles. The predicted octanol–water partition coefficient (Wildman–Crippen LogP) is 1.86. The first-order chi connectivity index (χ1) is 9.31. The molecule has 0 saturated carbocycles. The molecule has 19 heavy (non-hydrogen) atoms. The molecule has 1 aromatic carbocycles. The summed E-state index contributed by atoms with van der Waals surface area (Å²) in [4.78, 5) is 8.75. The number of rotatable bonds is 3. The van der Waals surface area contributed by atoms with Gasteiger partial charge in [-0.3, -0.25) is 4.40 Å². The van der Waals surface area contributed by atoms with Crippen LogP contribution in [0.1, 0.15) is 5.69 Å². The zero-order valence-corrected chi connectivity index (χ0v) is 10.6. The van der Waals surface area contributed by atoms with Crippen molar-refractivity contribution in [1.29, 1.82) is 0 Å². The minimum atomic E-state index is 0.416. The highest BCUT2D eigenvalue weighted by molar-refractivity contribution is 5.77. The Kier molecular flexibility index (Phi) is 2.89. The second-order valence-corrected chi connectivity index (χ2v) is 4.21. The molecule has 5 heteroatoms. The Hall–Kier alpha value is -2.40. The van der Waals surface area contributed by atoms with Gasteiger partial charge in [-0.15, -0.1) is 0 Å². The molecule has 2 N–H and O–H groups in total. The maximum absolute atomic E-state index is 5.63. The van der Waals surface area contributed by atoms with E-state index < -0.39 is 0 Å². The van der Waals surface area contributed by atoms with E-state index in [1.54, 1.807) is 19.6 Å². The summed E-state index contributed by atoms with van der Waals surface area (Å²) in [5.41, 5.74) is 9.31. The summed E-state index contributed by atoms with van der Waals surface area (Å²) in [6.45, 7) is 0.416. The van der Waals surface area contributed by atoms with Crippen LogP contribution < -0.4 is 10.5 Å². The molecule has 3 rings (SSSR count). The smallest absolute Gasteiger partial charge is 0.147 e. The van der Waals surface area contributed by atoms with Crippen molar-refractivity contribution in [3.8, 4) is 16.9 Å². The molecule has 2 heterocycles. The first-order valence-corrected chi connectivity index (χ1v) is 5.98. The lowest BCUT2D eigenvalue weighted by Crippen LogP contribution is -1.95. The summed E-state index contributed by atoms with van der Waals surface area (Å²) in [5, 5.41) is 0. The SMILES string of the molecule is COc1cccc(-c2cncn3cc(CN)nc23)c1. The normalized spacial score (nSPS) is 10.8. The summed E-state index contributed by atoms with van der Waals surface area (Å²) in [5.74, 6) is 0.810. The van der Waals surface area contributed by atoms with E-state index in [1.165, 1.54) is 0 Å². The van der Waals surface area contributed by atoms with Crippen LogP contribution >= 0.6 is 0 Å². The third-order valence-corrected chi connectivity index (χ3v) is 3.01.